The van der Waals surface area contributed by atoms with Crippen LogP contribution in [0.3, 0.4) is 0 Å². The molecule has 124 valence electrons. The van der Waals surface area contributed by atoms with Crippen LogP contribution in [0.25, 0.3) is 10.9 Å². The summed E-state index contributed by atoms with van der Waals surface area (Å²) in [4.78, 5) is 14.4. The average molecular weight is 314 g/mol. The second kappa shape index (κ2) is 7.18. The predicted octanol–water partition coefficient (Wildman–Crippen LogP) is 3.95. The number of H-pyrrole nitrogens is 1. The average Bonchev–Trinajstić information content (AvgIpc) is 2.90. The molecular formula is C19H26N2O2. The summed E-state index contributed by atoms with van der Waals surface area (Å²) in [5, 5.41) is 10.3. The fourth-order valence-electron chi connectivity index (χ4n) is 3.88. The number of nitrogens with two attached hydrogens (primary N) is 1. The lowest BCUT2D eigenvalue weighted by Crippen LogP contribution is -2.32. The second-order valence-electron chi connectivity index (χ2n) is 6.77. The Balaban J connectivity index is 1.95. The van der Waals surface area contributed by atoms with Gasteiger partial charge < -0.3 is 15.8 Å². The first-order chi connectivity index (χ1) is 11.2. The maximum atomic E-state index is 11.1. The highest BCUT2D eigenvalue weighted by Crippen LogP contribution is 2.36. The van der Waals surface area contributed by atoms with Crippen molar-refractivity contribution in [1.29, 1.82) is 0 Å². The molecule has 0 aliphatic heterocycles. The molecule has 0 saturated heterocycles. The lowest BCUT2D eigenvalue weighted by Gasteiger charge is -2.21. The monoisotopic (exact) mass is 314 g/mol. The minimum absolute atomic E-state index is 0.374. The number of rotatable bonds is 4. The third-order valence-electron chi connectivity index (χ3n) is 5.12. The van der Waals surface area contributed by atoms with Crippen molar-refractivity contribution in [1.82, 2.24) is 4.98 Å². The van der Waals surface area contributed by atoms with E-state index in [1.807, 2.05) is 6.20 Å². The standard InChI is InChI=1S/C19H26N2O2/c20-16(19(22)23)11-14-12-21-17-10-6-9-15(18(14)17)13-7-4-2-1-3-5-8-13/h6,9-10,12-13,16,21H,1-5,7-8,11,20H2,(H,22,23)/t16-/m0/s1. The quantitative estimate of drug-likeness (QED) is 0.799. The SMILES string of the molecule is N[C@@H](Cc1c[nH]c2cccc(C3CCCCCCC3)c12)C(=O)O. The van der Waals surface area contributed by atoms with Gasteiger partial charge in [0.15, 0.2) is 0 Å². The summed E-state index contributed by atoms with van der Waals surface area (Å²) in [6.07, 6.45) is 11.4. The lowest BCUT2D eigenvalue weighted by molar-refractivity contribution is -0.138. The van der Waals surface area contributed by atoms with Gasteiger partial charge in [0.25, 0.3) is 0 Å². The highest BCUT2D eigenvalue weighted by Gasteiger charge is 2.20. The van der Waals surface area contributed by atoms with Crippen LogP contribution in [-0.4, -0.2) is 22.1 Å². The number of fused-ring (bicyclic) bond motifs is 1. The Kier molecular flexibility index (Phi) is 5.01. The Bertz CT molecular complexity index is 669. The van der Waals surface area contributed by atoms with Crippen LogP contribution in [0.2, 0.25) is 0 Å². The summed E-state index contributed by atoms with van der Waals surface area (Å²) in [6, 6.07) is 5.54. The molecule has 23 heavy (non-hydrogen) atoms. The van der Waals surface area contributed by atoms with Gasteiger partial charge in [0, 0.05) is 23.5 Å². The number of carbonyl (C=O) groups is 1. The molecule has 0 unspecified atom stereocenters. The Morgan fingerprint density at radius 3 is 2.61 bits per heavy atom. The number of hydrogen-bond acceptors (Lipinski definition) is 2. The van der Waals surface area contributed by atoms with Crippen LogP contribution in [0.1, 0.15) is 62.0 Å². The van der Waals surface area contributed by atoms with E-state index in [2.05, 4.69) is 23.2 Å². The van der Waals surface area contributed by atoms with Crippen molar-refractivity contribution in [3.63, 3.8) is 0 Å². The van der Waals surface area contributed by atoms with Crippen LogP contribution in [0.4, 0.5) is 0 Å². The Morgan fingerprint density at radius 1 is 1.22 bits per heavy atom. The fourth-order valence-corrected chi connectivity index (χ4v) is 3.88. The normalized spacial score (nSPS) is 18.5. The van der Waals surface area contributed by atoms with Crippen LogP contribution >= 0.6 is 0 Å². The number of benzene rings is 1. The van der Waals surface area contributed by atoms with Gasteiger partial charge in [-0.2, -0.15) is 0 Å². The van der Waals surface area contributed by atoms with E-state index < -0.39 is 12.0 Å². The van der Waals surface area contributed by atoms with Crippen LogP contribution in [0, 0.1) is 0 Å². The van der Waals surface area contributed by atoms with Gasteiger partial charge in [0.1, 0.15) is 6.04 Å². The zero-order chi connectivity index (χ0) is 16.2. The minimum Gasteiger partial charge on any atom is -0.480 e. The van der Waals surface area contributed by atoms with E-state index in [1.54, 1.807) is 0 Å². The molecule has 1 aromatic heterocycles. The molecule has 0 bridgehead atoms. The van der Waals surface area contributed by atoms with E-state index in [1.165, 1.54) is 55.9 Å². The first-order valence-corrected chi connectivity index (χ1v) is 8.74. The van der Waals surface area contributed by atoms with Gasteiger partial charge in [-0.15, -0.1) is 0 Å². The maximum Gasteiger partial charge on any atom is 0.320 e. The topological polar surface area (TPSA) is 79.1 Å². The van der Waals surface area contributed by atoms with Crippen molar-refractivity contribution in [2.45, 2.75) is 63.3 Å². The zero-order valence-corrected chi connectivity index (χ0v) is 13.6. The summed E-state index contributed by atoms with van der Waals surface area (Å²) < 4.78 is 0. The fraction of sp³-hybridized carbons (Fsp3) is 0.526. The number of hydrogen-bond donors (Lipinski definition) is 3. The van der Waals surface area contributed by atoms with Gasteiger partial charge in [-0.3, -0.25) is 4.79 Å². The van der Waals surface area contributed by atoms with Crippen molar-refractivity contribution >= 4 is 16.9 Å². The highest BCUT2D eigenvalue weighted by molar-refractivity contribution is 5.88. The van der Waals surface area contributed by atoms with Crippen LogP contribution in [0.15, 0.2) is 24.4 Å². The molecule has 2 aromatic rings. The summed E-state index contributed by atoms with van der Waals surface area (Å²) in [6.45, 7) is 0. The molecule has 4 N–H and O–H groups in total. The first-order valence-electron chi connectivity index (χ1n) is 8.74. The highest BCUT2D eigenvalue weighted by atomic mass is 16.4. The molecule has 1 saturated carbocycles. The van der Waals surface area contributed by atoms with E-state index in [-0.39, 0.29) is 0 Å². The van der Waals surface area contributed by atoms with Crippen molar-refractivity contribution in [2.75, 3.05) is 0 Å². The summed E-state index contributed by atoms with van der Waals surface area (Å²) >= 11 is 0. The molecule has 1 heterocycles. The molecule has 1 fully saturated rings. The smallest absolute Gasteiger partial charge is 0.320 e. The Hall–Kier alpha value is -1.81. The van der Waals surface area contributed by atoms with E-state index >= 15 is 0 Å². The predicted molar refractivity (Wildman–Crippen MR) is 92.7 cm³/mol. The van der Waals surface area contributed by atoms with Crippen molar-refractivity contribution in [3.05, 3.63) is 35.5 Å². The van der Waals surface area contributed by atoms with E-state index in [4.69, 9.17) is 10.8 Å². The van der Waals surface area contributed by atoms with Crippen LogP contribution in [0.5, 0.6) is 0 Å². The van der Waals surface area contributed by atoms with E-state index in [9.17, 15) is 4.79 Å². The molecule has 4 nitrogen and oxygen atoms in total. The zero-order valence-electron chi connectivity index (χ0n) is 13.6. The van der Waals surface area contributed by atoms with Crippen molar-refractivity contribution in [3.8, 4) is 0 Å². The second-order valence-corrected chi connectivity index (χ2v) is 6.77. The van der Waals surface area contributed by atoms with Crippen molar-refractivity contribution in [2.24, 2.45) is 5.73 Å². The molecule has 1 aliphatic rings. The molecule has 0 radical (unpaired) electrons. The maximum absolute atomic E-state index is 11.1. The van der Waals surface area contributed by atoms with E-state index in [0.717, 1.165) is 11.1 Å². The van der Waals surface area contributed by atoms with Crippen LogP contribution < -0.4 is 5.73 Å². The van der Waals surface area contributed by atoms with Gasteiger partial charge in [-0.05, 0) is 36.0 Å². The Morgan fingerprint density at radius 2 is 1.91 bits per heavy atom. The number of carboxylic acid groups (broad SMARTS) is 1. The third kappa shape index (κ3) is 3.58. The van der Waals surface area contributed by atoms with Gasteiger partial charge in [0.2, 0.25) is 0 Å². The lowest BCUT2D eigenvalue weighted by atomic mass is 9.83. The molecule has 1 aromatic carbocycles. The van der Waals surface area contributed by atoms with Gasteiger partial charge >= 0.3 is 5.97 Å². The summed E-state index contributed by atoms with van der Waals surface area (Å²) in [7, 11) is 0. The largest absolute Gasteiger partial charge is 0.480 e. The van der Waals surface area contributed by atoms with Gasteiger partial charge in [-0.1, -0.05) is 44.2 Å². The van der Waals surface area contributed by atoms with Gasteiger partial charge in [0.05, 0.1) is 0 Å². The molecular weight excluding hydrogens is 288 g/mol. The van der Waals surface area contributed by atoms with Crippen molar-refractivity contribution < 1.29 is 9.90 Å². The molecule has 1 aliphatic carbocycles. The molecule has 4 heteroatoms. The summed E-state index contributed by atoms with van der Waals surface area (Å²) in [5.74, 6) is -0.364. The van der Waals surface area contributed by atoms with Gasteiger partial charge in [-0.25, -0.2) is 0 Å². The Labute approximate surface area is 137 Å². The van der Waals surface area contributed by atoms with Crippen LogP contribution in [-0.2, 0) is 11.2 Å². The minimum atomic E-state index is -0.942. The molecule has 1 atom stereocenters. The number of aliphatic carboxylic acids is 1. The number of aromatic nitrogens is 1. The molecule has 0 amide bonds. The first kappa shape index (κ1) is 16.1. The number of carboxylic acids is 1. The molecule has 0 spiro atoms. The summed E-state index contributed by atoms with van der Waals surface area (Å²) in [5.41, 5.74) is 9.26. The number of aromatic amines is 1. The third-order valence-corrected chi connectivity index (χ3v) is 5.12. The molecule has 3 rings (SSSR count). The number of nitrogens with one attached hydrogen (secondary N) is 1. The van der Waals surface area contributed by atoms with E-state index in [0.29, 0.717) is 12.3 Å².